The third-order valence-corrected chi connectivity index (χ3v) is 23.4. The van der Waals surface area contributed by atoms with Gasteiger partial charge in [-0.2, -0.15) is 25.5 Å². The van der Waals surface area contributed by atoms with Crippen LogP contribution in [0.1, 0.15) is 169 Å². The van der Waals surface area contributed by atoms with Gasteiger partial charge in [-0.25, -0.2) is 29.9 Å². The summed E-state index contributed by atoms with van der Waals surface area (Å²) in [7, 11) is 0. The van der Waals surface area contributed by atoms with E-state index in [0.29, 0.717) is 85.1 Å². The van der Waals surface area contributed by atoms with Gasteiger partial charge in [0.05, 0.1) is 44.8 Å². The van der Waals surface area contributed by atoms with Crippen LogP contribution in [0.3, 0.4) is 0 Å². The van der Waals surface area contributed by atoms with Gasteiger partial charge in [0.2, 0.25) is 11.3 Å². The molecule has 2 fully saturated rings. The molecule has 32 heteroatoms. The van der Waals surface area contributed by atoms with E-state index in [-0.39, 0.29) is 0 Å². The number of nitrogens with zero attached hydrogens (tertiary/aromatic N) is 17. The van der Waals surface area contributed by atoms with Gasteiger partial charge in [-0.1, -0.05) is 147 Å². The van der Waals surface area contributed by atoms with E-state index in [1.54, 1.807) is 43.4 Å². The summed E-state index contributed by atoms with van der Waals surface area (Å²) in [4.78, 5) is 29.8. The van der Waals surface area contributed by atoms with Crippen molar-refractivity contribution in [3.8, 4) is 0 Å². The lowest BCUT2D eigenvalue weighted by atomic mass is 9.82. The van der Waals surface area contributed by atoms with Crippen LogP contribution in [0, 0.1) is 45.8 Å². The summed E-state index contributed by atoms with van der Waals surface area (Å²) in [5, 5.41) is 81.2. The van der Waals surface area contributed by atoms with Crippen LogP contribution in [0.25, 0.3) is 110 Å². The Balaban J connectivity index is 0.000000109. The van der Waals surface area contributed by atoms with E-state index in [4.69, 9.17) is 22.6 Å². The number of rotatable bonds is 23. The summed E-state index contributed by atoms with van der Waals surface area (Å²) < 4.78 is 27.8. The Morgan fingerprint density at radius 2 is 0.628 bits per heavy atom. The van der Waals surface area contributed by atoms with Gasteiger partial charge in [-0.05, 0) is 194 Å². The zero-order valence-electron chi connectivity index (χ0n) is 74.6. The first-order chi connectivity index (χ1) is 62.4. The summed E-state index contributed by atoms with van der Waals surface area (Å²) in [5.41, 5.74) is 20.3. The molecule has 2 aliphatic rings. The second-order valence-corrected chi connectivity index (χ2v) is 38.1. The number of fused-ring (bicyclic) bond motifs is 10. The fraction of sp³-hybridized carbons (Fsp3) is 0.351. The van der Waals surface area contributed by atoms with Gasteiger partial charge >= 0.3 is 0 Å². The van der Waals surface area contributed by atoms with Crippen LogP contribution in [0.15, 0.2) is 193 Å². The van der Waals surface area contributed by atoms with E-state index in [1.165, 1.54) is 38.5 Å². The first-order valence-corrected chi connectivity index (χ1v) is 44.3. The first-order valence-electron chi connectivity index (χ1n) is 44.3. The average Bonchev–Trinajstić information content (AvgIpc) is 1.67. The maximum atomic E-state index is 5.60. The summed E-state index contributed by atoms with van der Waals surface area (Å²) in [6.45, 7) is 27.3. The third-order valence-electron chi connectivity index (χ3n) is 23.4. The van der Waals surface area contributed by atoms with Crippen molar-refractivity contribution in [2.75, 3.05) is 26.6 Å². The van der Waals surface area contributed by atoms with Gasteiger partial charge in [0.25, 0.3) is 0 Å². The van der Waals surface area contributed by atoms with E-state index in [9.17, 15) is 0 Å². The highest BCUT2D eigenvalue weighted by Crippen LogP contribution is 2.40. The minimum Gasteiger partial charge on any atom is -0.356 e. The number of anilines is 10. The molecule has 2 aliphatic carbocycles. The molecule has 15 heterocycles. The predicted molar refractivity (Wildman–Crippen MR) is 504 cm³/mol. The van der Waals surface area contributed by atoms with Gasteiger partial charge in [0.15, 0.2) is 67.7 Å². The smallest absolute Gasteiger partial charge is 0.201 e. The van der Waals surface area contributed by atoms with Crippen molar-refractivity contribution in [2.45, 2.75) is 173 Å². The number of aromatic amines is 5. The molecule has 0 aliphatic heterocycles. The molecule has 660 valence electrons. The molecule has 3 unspecified atom stereocenters. The minimum absolute atomic E-state index is 0.311. The number of benzene rings is 5. The van der Waals surface area contributed by atoms with Crippen molar-refractivity contribution in [2.24, 2.45) is 45.8 Å². The second-order valence-electron chi connectivity index (χ2n) is 38.1. The molecule has 0 saturated heterocycles. The van der Waals surface area contributed by atoms with Crippen LogP contribution >= 0.6 is 0 Å². The number of pyridine rings is 3. The third kappa shape index (κ3) is 20.4. The quantitative estimate of drug-likeness (QED) is 0.0284. The highest BCUT2D eigenvalue weighted by Gasteiger charge is 2.27. The predicted octanol–water partition coefficient (Wildman–Crippen LogP) is 23.5. The second kappa shape index (κ2) is 36.8. The molecule has 15 aromatic heterocycles. The zero-order chi connectivity index (χ0) is 88.9. The molecule has 32 nitrogen and oxygen atoms in total. The van der Waals surface area contributed by atoms with Crippen molar-refractivity contribution in [1.82, 2.24) is 112 Å². The molecule has 129 heavy (non-hydrogen) atoms. The topological polar surface area (TPSA) is 424 Å². The van der Waals surface area contributed by atoms with E-state index in [2.05, 4.69) is 252 Å². The molecule has 3 atom stereocenters. The number of nitrogens with one attached hydrogen (secondary N) is 10. The molecule has 2 saturated carbocycles. The number of H-pyrrole nitrogens is 5. The lowest BCUT2D eigenvalue weighted by Gasteiger charge is -2.24. The number of hydrogen-bond donors (Lipinski definition) is 10. The normalized spacial score (nSPS) is 14.0. The van der Waals surface area contributed by atoms with Gasteiger partial charge in [-0.3, -0.25) is 30.5 Å². The summed E-state index contributed by atoms with van der Waals surface area (Å²) in [5.74, 6) is 6.96. The Bertz CT molecular complexity index is 6650. The van der Waals surface area contributed by atoms with E-state index in [1.807, 2.05) is 97.1 Å². The SMILES string of the molecule is CC(Cc1noc2cc(Nc3[nH]nc4ncccc34)ccc12)CC(C)(C)C.CC(Cc1noc2cc(Nc3[nH]nc4nccnc34)ccc12)CC(C)(C)C.CC(Cc1noc2cc(Nc3n[nH]c4cccnc34)ccc12)CC(C)(C)C.c1cnc2c(Nc3ccc4c(CC5CCC5)noc4c3)[nH]nc2n1.c1cnc2n[nH]c(Nc3ccc4c(CC5CCC5)noc4c3)c2c1. The molecule has 0 amide bonds. The Morgan fingerprint density at radius 3 is 1.00 bits per heavy atom. The molecular formula is C97H107N27O5. The molecule has 0 bridgehead atoms. The molecule has 5 aromatic carbocycles. The molecular weight excluding hydrogens is 1620 g/mol. The van der Waals surface area contributed by atoms with Crippen molar-refractivity contribution in [3.63, 3.8) is 0 Å². The number of aromatic nitrogens is 22. The maximum Gasteiger partial charge on any atom is 0.201 e. The Kier molecular flexibility index (Phi) is 24.3. The van der Waals surface area contributed by atoms with Crippen LogP contribution in [-0.4, -0.2) is 112 Å². The van der Waals surface area contributed by atoms with Gasteiger partial charge in [-0.15, -0.1) is 0 Å². The maximum absolute atomic E-state index is 5.60. The summed E-state index contributed by atoms with van der Waals surface area (Å²) >= 11 is 0. The first kappa shape index (κ1) is 85.2. The Labute approximate surface area is 742 Å². The fourth-order valence-corrected chi connectivity index (χ4v) is 17.6. The van der Waals surface area contributed by atoms with Crippen LogP contribution in [-0.2, 0) is 32.1 Å². The van der Waals surface area contributed by atoms with Crippen molar-refractivity contribution in [3.05, 3.63) is 199 Å². The molecule has 0 spiro atoms. The van der Waals surface area contributed by atoms with Crippen LogP contribution in [0.2, 0.25) is 0 Å². The number of hydrogen-bond acceptors (Lipinski definition) is 27. The Morgan fingerprint density at radius 1 is 0.318 bits per heavy atom. The molecule has 20 aromatic rings. The molecule has 0 radical (unpaired) electrons. The van der Waals surface area contributed by atoms with E-state index in [0.717, 1.165) is 208 Å². The lowest BCUT2D eigenvalue weighted by molar-refractivity contribution is 0.302. The van der Waals surface area contributed by atoms with Crippen LogP contribution in [0.5, 0.6) is 0 Å². The molecule has 22 rings (SSSR count). The van der Waals surface area contributed by atoms with Crippen molar-refractivity contribution in [1.29, 1.82) is 0 Å². The lowest BCUT2D eigenvalue weighted by Crippen LogP contribution is -2.13. The fourth-order valence-electron chi connectivity index (χ4n) is 17.6. The molecule has 10 N–H and O–H groups in total. The highest BCUT2D eigenvalue weighted by molar-refractivity contribution is 5.95. The zero-order valence-corrected chi connectivity index (χ0v) is 74.6. The largest absolute Gasteiger partial charge is 0.356 e. The van der Waals surface area contributed by atoms with Crippen molar-refractivity contribution < 1.29 is 22.6 Å². The standard InChI is InChI=1S/2C21H25N5O.C20H24N6O.C18H17N5O.C17H16N6O/c1-13(12-21(2,3)4)10-17-15-8-7-14(11-18(15)27-26-17)23-20-19-16(24-25-20)6-5-9-22-19;1-13(12-21(2,3)4)10-17-15-8-7-14(11-18(15)27-26-17)23-20-16-6-5-9-22-19(16)24-25-20;1-12(11-20(2,3)4)9-15-14-6-5-13(10-16(14)27-26-15)23-19-17-18(24-25-19)22-8-7-21-17;1-3-11(4-1)9-15-13-7-6-12(10-16(13)24-23-15)20-18-14-5-2-8-19-17(14)21-22-18;1-2-10(3-1)8-13-12-5-4-11(9-14(12)24-23-13)20-17-15-16(21-22-17)19-7-6-18-15/h5-9,11,13H,10,12H2,1-4H3,(H2,23,24,25);5-9,11,13H,10,12H2,1-4H3,(H2,22,23,24,25);5-8,10,12H,9,11H2,1-4H3,(H2,22,23,24,25);2,5-8,10-11H,1,3-4,9H2,(H2,19,20,21,22);4-7,9-10H,1-3,8H2,(H2,19,20,21,22). The van der Waals surface area contributed by atoms with E-state index < -0.39 is 0 Å². The monoisotopic (exact) mass is 1730 g/mol. The van der Waals surface area contributed by atoms with Gasteiger partial charge < -0.3 is 49.2 Å². The summed E-state index contributed by atoms with van der Waals surface area (Å²) in [6, 6.07) is 41.9. The van der Waals surface area contributed by atoms with Crippen LogP contribution in [0.4, 0.5) is 57.5 Å². The minimum atomic E-state index is 0.311. The van der Waals surface area contributed by atoms with E-state index >= 15 is 0 Å². The highest BCUT2D eigenvalue weighted by atomic mass is 16.5. The van der Waals surface area contributed by atoms with Crippen molar-refractivity contribution >= 4 is 168 Å². The Hall–Kier alpha value is -14.6. The van der Waals surface area contributed by atoms with Gasteiger partial charge in [0.1, 0.15) is 17.2 Å². The van der Waals surface area contributed by atoms with Crippen LogP contribution < -0.4 is 26.6 Å². The summed E-state index contributed by atoms with van der Waals surface area (Å²) in [6.07, 6.45) is 28.0. The van der Waals surface area contributed by atoms with Gasteiger partial charge in [0, 0.05) is 129 Å². The average molecular weight is 1730 g/mol.